The lowest BCUT2D eigenvalue weighted by Crippen LogP contribution is -2.04. The van der Waals surface area contributed by atoms with E-state index in [9.17, 15) is 0 Å². The number of hydrogen-bond acceptors (Lipinski definition) is 0. The number of allylic oxidation sites excluding steroid dienone is 4. The Labute approximate surface area is 174 Å². The fourth-order valence-corrected chi connectivity index (χ4v) is 4.66. The van der Waals surface area contributed by atoms with Crippen LogP contribution in [0.1, 0.15) is 58.9 Å². The van der Waals surface area contributed by atoms with Crippen LogP contribution in [0.15, 0.2) is 85.0 Å². The molecule has 1 fully saturated rings. The summed E-state index contributed by atoms with van der Waals surface area (Å²) in [5, 5.41) is 0. The van der Waals surface area contributed by atoms with Gasteiger partial charge in [0.1, 0.15) is 0 Å². The summed E-state index contributed by atoms with van der Waals surface area (Å²) < 4.78 is 0. The Morgan fingerprint density at radius 3 is 2.21 bits per heavy atom. The third kappa shape index (κ3) is 3.60. The molecule has 29 heavy (non-hydrogen) atoms. The second-order valence-electron chi connectivity index (χ2n) is 8.62. The highest BCUT2D eigenvalue weighted by Crippen LogP contribution is 2.49. The molecule has 0 heteroatoms. The van der Waals surface area contributed by atoms with E-state index in [-0.39, 0.29) is 0 Å². The van der Waals surface area contributed by atoms with Crippen molar-refractivity contribution in [2.24, 2.45) is 0 Å². The lowest BCUT2D eigenvalue weighted by atomic mass is 9.81. The first-order valence-corrected chi connectivity index (χ1v) is 10.8. The highest BCUT2D eigenvalue weighted by atomic mass is 14.3. The molecule has 0 N–H and O–H groups in total. The Morgan fingerprint density at radius 2 is 1.52 bits per heavy atom. The Balaban J connectivity index is 1.50. The van der Waals surface area contributed by atoms with Gasteiger partial charge < -0.3 is 0 Å². The minimum absolute atomic E-state index is 0.476. The van der Waals surface area contributed by atoms with E-state index >= 15 is 0 Å². The van der Waals surface area contributed by atoms with Gasteiger partial charge in [0.25, 0.3) is 0 Å². The van der Waals surface area contributed by atoms with Crippen molar-refractivity contribution < 1.29 is 0 Å². The molecule has 5 rings (SSSR count). The van der Waals surface area contributed by atoms with E-state index in [0.29, 0.717) is 5.92 Å². The van der Waals surface area contributed by atoms with Crippen LogP contribution in [0.2, 0.25) is 0 Å². The van der Waals surface area contributed by atoms with Gasteiger partial charge in [-0.15, -0.1) is 0 Å². The molecule has 0 nitrogen and oxygen atoms in total. The van der Waals surface area contributed by atoms with E-state index in [0.717, 1.165) is 12.3 Å². The normalized spacial score (nSPS) is 18.6. The fourth-order valence-electron chi connectivity index (χ4n) is 4.66. The lowest BCUT2D eigenvalue weighted by molar-refractivity contribution is 0.836. The number of benzene rings is 3. The lowest BCUT2D eigenvalue weighted by Gasteiger charge is -2.23. The van der Waals surface area contributed by atoms with Gasteiger partial charge in [0, 0.05) is 5.92 Å². The molecule has 0 aliphatic heterocycles. The van der Waals surface area contributed by atoms with Crippen molar-refractivity contribution >= 4 is 5.57 Å². The fraction of sp³-hybridized carbons (Fsp3) is 0.241. The van der Waals surface area contributed by atoms with E-state index < -0.39 is 0 Å². The zero-order valence-electron chi connectivity index (χ0n) is 17.4. The van der Waals surface area contributed by atoms with Gasteiger partial charge >= 0.3 is 0 Å². The smallest absolute Gasteiger partial charge is 0.00591 e. The Hall–Kier alpha value is -2.86. The Bertz CT molecular complexity index is 1090. The quantitative estimate of drug-likeness (QED) is 0.433. The zero-order valence-corrected chi connectivity index (χ0v) is 17.4. The average Bonchev–Trinajstić information content (AvgIpc) is 3.60. The summed E-state index contributed by atoms with van der Waals surface area (Å²) >= 11 is 0. The van der Waals surface area contributed by atoms with E-state index in [1.54, 1.807) is 5.56 Å². The molecular weight excluding hydrogens is 348 g/mol. The van der Waals surface area contributed by atoms with Gasteiger partial charge in [-0.25, -0.2) is 0 Å². The topological polar surface area (TPSA) is 0 Å². The van der Waals surface area contributed by atoms with E-state index in [1.165, 1.54) is 51.8 Å². The first-order chi connectivity index (χ1) is 14.2. The minimum atomic E-state index is 0.476. The SMILES string of the molecule is Cc1ccc(C2=CCC(c3cccc(-c4ccccc4C)c3C3CC3)C=C2)cc1. The number of rotatable bonds is 4. The molecule has 0 heterocycles. The van der Waals surface area contributed by atoms with Crippen LogP contribution < -0.4 is 0 Å². The number of hydrogen-bond donors (Lipinski definition) is 0. The zero-order chi connectivity index (χ0) is 19.8. The molecule has 3 aromatic carbocycles. The van der Waals surface area contributed by atoms with Gasteiger partial charge in [-0.2, -0.15) is 0 Å². The maximum atomic E-state index is 2.43. The van der Waals surface area contributed by atoms with Crippen molar-refractivity contribution in [2.45, 2.75) is 44.9 Å². The summed E-state index contributed by atoms with van der Waals surface area (Å²) in [6.07, 6.45) is 10.9. The van der Waals surface area contributed by atoms with Crippen molar-refractivity contribution in [2.75, 3.05) is 0 Å². The molecule has 1 unspecified atom stereocenters. The molecule has 3 aromatic rings. The Kier molecular flexibility index (Phi) is 4.72. The maximum Gasteiger partial charge on any atom is 0.00591 e. The molecule has 2 aliphatic carbocycles. The summed E-state index contributed by atoms with van der Waals surface area (Å²) in [6, 6.07) is 24.7. The van der Waals surface area contributed by atoms with E-state index in [4.69, 9.17) is 0 Å². The van der Waals surface area contributed by atoms with Gasteiger partial charge in [-0.05, 0) is 78.0 Å². The summed E-state index contributed by atoms with van der Waals surface area (Å²) in [5.41, 5.74) is 11.3. The van der Waals surface area contributed by atoms with Crippen LogP contribution in [0, 0.1) is 13.8 Å². The van der Waals surface area contributed by atoms with Crippen LogP contribution in [0.4, 0.5) is 0 Å². The second-order valence-corrected chi connectivity index (χ2v) is 8.62. The van der Waals surface area contributed by atoms with Crippen LogP contribution in [-0.4, -0.2) is 0 Å². The summed E-state index contributed by atoms with van der Waals surface area (Å²) in [5.74, 6) is 1.21. The van der Waals surface area contributed by atoms with Crippen LogP contribution in [0.5, 0.6) is 0 Å². The van der Waals surface area contributed by atoms with E-state index in [1.807, 2.05) is 0 Å². The van der Waals surface area contributed by atoms with Crippen molar-refractivity contribution in [3.8, 4) is 11.1 Å². The monoisotopic (exact) mass is 376 g/mol. The predicted molar refractivity (Wildman–Crippen MR) is 124 cm³/mol. The van der Waals surface area contributed by atoms with Crippen LogP contribution in [0.25, 0.3) is 16.7 Å². The Morgan fingerprint density at radius 1 is 0.759 bits per heavy atom. The molecule has 0 bridgehead atoms. The highest BCUT2D eigenvalue weighted by Gasteiger charge is 2.31. The van der Waals surface area contributed by atoms with Crippen LogP contribution in [0.3, 0.4) is 0 Å². The molecule has 0 spiro atoms. The standard InChI is InChI=1S/C29H28/c1-20-10-12-22(13-11-20)23-14-16-24(17-15-23)27-8-5-9-28(29(27)25-18-19-25)26-7-4-3-6-21(26)2/h3-16,24-25H,17-19H2,1-2H3. The third-order valence-electron chi connectivity index (χ3n) is 6.44. The first-order valence-electron chi connectivity index (χ1n) is 10.8. The molecule has 1 atom stereocenters. The van der Waals surface area contributed by atoms with Crippen molar-refractivity contribution in [1.82, 2.24) is 0 Å². The number of aryl methyl sites for hydroxylation is 2. The highest BCUT2D eigenvalue weighted by molar-refractivity contribution is 5.77. The summed E-state index contributed by atoms with van der Waals surface area (Å²) in [6.45, 7) is 4.38. The first kappa shape index (κ1) is 18.2. The molecule has 1 saturated carbocycles. The van der Waals surface area contributed by atoms with Crippen molar-refractivity contribution in [1.29, 1.82) is 0 Å². The van der Waals surface area contributed by atoms with Gasteiger partial charge in [0.2, 0.25) is 0 Å². The summed E-state index contributed by atoms with van der Waals surface area (Å²) in [7, 11) is 0. The van der Waals surface area contributed by atoms with Crippen molar-refractivity contribution in [3.05, 3.63) is 113 Å². The maximum absolute atomic E-state index is 2.43. The van der Waals surface area contributed by atoms with Gasteiger partial charge in [-0.3, -0.25) is 0 Å². The van der Waals surface area contributed by atoms with Gasteiger partial charge in [0.05, 0.1) is 0 Å². The third-order valence-corrected chi connectivity index (χ3v) is 6.44. The molecule has 0 amide bonds. The second kappa shape index (κ2) is 7.52. The van der Waals surface area contributed by atoms with Gasteiger partial charge in [-0.1, -0.05) is 90.5 Å². The van der Waals surface area contributed by atoms with Gasteiger partial charge in [0.15, 0.2) is 0 Å². The molecule has 0 saturated heterocycles. The predicted octanol–water partition coefficient (Wildman–Crippen LogP) is 7.97. The largest absolute Gasteiger partial charge is 0.0761 e. The molecular formula is C29H28. The molecule has 0 radical (unpaired) electrons. The van der Waals surface area contributed by atoms with E-state index in [2.05, 4.69) is 98.8 Å². The minimum Gasteiger partial charge on any atom is -0.0761 e. The molecule has 144 valence electrons. The van der Waals surface area contributed by atoms with Crippen molar-refractivity contribution in [3.63, 3.8) is 0 Å². The van der Waals surface area contributed by atoms with Crippen LogP contribution >= 0.6 is 0 Å². The molecule has 2 aliphatic rings. The van der Waals surface area contributed by atoms with Crippen LogP contribution in [-0.2, 0) is 0 Å². The average molecular weight is 377 g/mol. The summed E-state index contributed by atoms with van der Waals surface area (Å²) in [4.78, 5) is 0. The molecule has 0 aromatic heterocycles.